The van der Waals surface area contributed by atoms with Crippen molar-refractivity contribution >= 4 is 155 Å². The number of hydrogen-bond donors (Lipinski definition) is 1. The van der Waals surface area contributed by atoms with Crippen LogP contribution in [0.3, 0.4) is 0 Å². The van der Waals surface area contributed by atoms with Crippen molar-refractivity contribution in [3.8, 4) is 51.8 Å². The van der Waals surface area contributed by atoms with Crippen molar-refractivity contribution in [2.45, 2.75) is 231 Å². The Bertz CT molecular complexity index is 5090. The number of aromatic nitrogens is 4. The van der Waals surface area contributed by atoms with E-state index in [-0.39, 0.29) is 70.7 Å². The lowest BCUT2D eigenvalue weighted by Gasteiger charge is -2.32. The molecule has 4 aromatic carbocycles. The van der Waals surface area contributed by atoms with Gasteiger partial charge in [0.05, 0.1) is 127 Å². The van der Waals surface area contributed by atoms with E-state index in [1.165, 1.54) is 0 Å². The first-order valence-electron chi connectivity index (χ1n) is 46.4. The zero-order valence-corrected chi connectivity index (χ0v) is 86.1. The highest BCUT2D eigenvalue weighted by atomic mass is 35.5. The Morgan fingerprint density at radius 3 is 1.31 bits per heavy atom. The fraction of sp³-hybridized carbons (Fsp3) is 0.667. The maximum absolute atomic E-state index is 8.34. The highest BCUT2D eigenvalue weighted by Gasteiger charge is 2.44. The van der Waals surface area contributed by atoms with Crippen LogP contribution in [0.25, 0.3) is 43.8 Å². The van der Waals surface area contributed by atoms with Gasteiger partial charge in [0, 0.05) is 47.5 Å². The number of benzene rings is 4. The first kappa shape index (κ1) is 102. The van der Waals surface area contributed by atoms with Gasteiger partial charge >= 0.3 is 0 Å². The summed E-state index contributed by atoms with van der Waals surface area (Å²) in [5.74, 6) is 10.2. The molecule has 6 aromatic rings. The quantitative estimate of drug-likeness (QED) is 0.0164. The van der Waals surface area contributed by atoms with Crippen LogP contribution in [0.2, 0.25) is 20.1 Å². The van der Waals surface area contributed by atoms with Crippen LogP contribution in [-0.4, -0.2) is 201 Å². The number of fused-ring (bicyclic) bond motifs is 15. The van der Waals surface area contributed by atoms with Crippen LogP contribution in [0, 0.1) is 47.3 Å². The maximum Gasteiger partial charge on any atom is 0.287 e. The lowest BCUT2D eigenvalue weighted by atomic mass is 10.0. The molecule has 6 heterocycles. The third-order valence-corrected chi connectivity index (χ3v) is 29.6. The number of nitrogens with zero attached hydrogens (tertiary/aromatic N) is 11. The van der Waals surface area contributed by atoms with Crippen LogP contribution in [0.4, 0.5) is 11.6 Å². The lowest BCUT2D eigenvalue weighted by Crippen LogP contribution is -2.45. The number of thioether (sulfide) groups is 4. The number of aliphatic imine (C=N–C) groups is 2. The first-order valence-corrected chi connectivity index (χ1v) is 52.1. The van der Waals surface area contributed by atoms with Crippen LogP contribution in [0.1, 0.15) is 227 Å². The number of rotatable bonds is 55. The molecule has 0 saturated heterocycles. The number of nitrogens with one attached hydrogen (secondary N) is 1. The van der Waals surface area contributed by atoms with Crippen molar-refractivity contribution < 1.29 is 51.7 Å². The summed E-state index contributed by atoms with van der Waals surface area (Å²) in [7, 11) is 4.44. The number of halogens is 4. The summed E-state index contributed by atoms with van der Waals surface area (Å²) < 4.78 is 71.8. The molecule has 125 heavy (non-hydrogen) atoms. The molecule has 0 radical (unpaired) electrons. The van der Waals surface area contributed by atoms with E-state index in [4.69, 9.17) is 114 Å². The third kappa shape index (κ3) is 24.8. The summed E-state index contributed by atoms with van der Waals surface area (Å²) in [6, 6.07) is 0. The maximum atomic E-state index is 8.34. The summed E-state index contributed by atoms with van der Waals surface area (Å²) in [6.07, 6.45) is 5.73. The van der Waals surface area contributed by atoms with Gasteiger partial charge in [0.1, 0.15) is 59.7 Å². The molecule has 0 unspecified atom stereocenters. The molecule has 0 atom stereocenters. The molecule has 1 N–H and O–H groups in total. The number of aromatic amines is 1. The molecule has 4 aliphatic rings. The van der Waals surface area contributed by atoms with E-state index in [2.05, 4.69) is 193 Å². The van der Waals surface area contributed by atoms with Gasteiger partial charge in [-0.15, -0.1) is 52.0 Å². The molecule has 6 bridgehead atoms. The molecular formula is C96H146Cl4N12O9S4+2. The molecule has 0 amide bonds. The van der Waals surface area contributed by atoms with Crippen LogP contribution >= 0.6 is 93.5 Å². The fourth-order valence-electron chi connectivity index (χ4n) is 14.5. The Kier molecular flexibility index (Phi) is 39.0. The molecule has 0 fully saturated rings. The minimum absolute atomic E-state index is 0.214. The Hall–Kier alpha value is -5.16. The highest BCUT2D eigenvalue weighted by molar-refractivity contribution is 8.00. The summed E-state index contributed by atoms with van der Waals surface area (Å²) in [4.78, 5) is 43.4. The van der Waals surface area contributed by atoms with Crippen molar-refractivity contribution in [3.63, 3.8) is 0 Å². The van der Waals surface area contributed by atoms with Crippen LogP contribution < -0.4 is 53.6 Å². The molecule has 2 aromatic heterocycles. The molecule has 694 valence electrons. The number of amidine groups is 2. The van der Waals surface area contributed by atoms with Gasteiger partial charge in [-0.25, -0.2) is 9.98 Å². The highest BCUT2D eigenvalue weighted by Crippen LogP contribution is 2.58. The number of hydrogen-bond acceptors (Lipinski definition) is 21. The molecule has 0 aliphatic carbocycles. The van der Waals surface area contributed by atoms with Gasteiger partial charge in [-0.1, -0.05) is 197 Å². The van der Waals surface area contributed by atoms with Gasteiger partial charge in [0.15, 0.2) is 34.7 Å². The van der Waals surface area contributed by atoms with E-state index in [0.717, 1.165) is 107 Å². The molecule has 29 heteroatoms. The minimum Gasteiger partial charge on any atom is -0.492 e. The topological polar surface area (TPSA) is 183 Å². The summed E-state index contributed by atoms with van der Waals surface area (Å²) in [5, 5.41) is 4.68. The van der Waals surface area contributed by atoms with Gasteiger partial charge in [-0.05, 0) is 162 Å². The van der Waals surface area contributed by atoms with E-state index in [0.29, 0.717) is 248 Å². The number of ether oxygens (including phenoxy) is 8. The normalized spacial score (nSPS) is 13.2. The molecule has 0 spiro atoms. The predicted octanol–water partition coefficient (Wildman–Crippen LogP) is 24.5. The SMILES string of the molecule is CCN(C)CCSc1c(Cl)c(OCCC(C)C)c2c(c1OCCC(C)C)C1=Nc3c4c(OCCC(C)C)c(Cl)c(SCCN(CC)CC)c(OCCC(C)C)c4c4nc5c6c(OCCC(C)C)c(Cl)c(SCC[N+](C)(CC)CC)c(OCCC(C)C)c6c([n+]-5on34)N=c3[nH]c(c4c(OCCC(C)C)c(CSCN(CC)CC)c(Cl)c(OCCC(C)C)c34)=NC2=N1. The third-order valence-electron chi connectivity index (χ3n) is 23.6. The molecule has 21 nitrogen and oxygen atoms in total. The standard InChI is InChI=1S/C96H145Cl4N12O9S4/c1-26-107(24)41-52-123-86-75(98)80(115-46-35-59(12)13)68-69(83(86)118-49-38-62(18)19)92-103-90(68)101-89-66-67(79(114-45-34-58(10)11)74(97)65(55-122-56-109(29-4)30-5)78(66)113-44-33-57(8)9)91(102-89)104-94-72-71(82(117-48-37-61(16)17)77(100)88(84(72)119-50-39-63(20)21)125-54-43-112(25,31-6)32-7)95-106-96-73-70(93(105-92)110(96)121-111(94)95)81(116-47-36-60(14)15)76(99)87(85(73)120-51-40-64(22)23)124-53-42-108(27-2)28-3/h57-64H,26-56H2,1-25H3/q+1/p+1. The molecule has 10 rings (SSSR count). The molecule has 0 saturated carbocycles. The van der Waals surface area contributed by atoms with E-state index in [9.17, 15) is 0 Å². The zero-order valence-electron chi connectivity index (χ0n) is 79.8. The van der Waals surface area contributed by atoms with Crippen LogP contribution in [-0.2, 0) is 5.75 Å². The first-order chi connectivity index (χ1) is 59.8. The Labute approximate surface area is 783 Å². The largest absolute Gasteiger partial charge is 0.492 e. The van der Waals surface area contributed by atoms with Gasteiger partial charge in [-0.2, -0.15) is 9.62 Å². The van der Waals surface area contributed by atoms with Crippen molar-refractivity contribution in [1.29, 1.82) is 0 Å². The Morgan fingerprint density at radius 2 is 0.824 bits per heavy atom. The van der Waals surface area contributed by atoms with Gasteiger partial charge in [-0.3, -0.25) is 4.90 Å². The predicted molar refractivity (Wildman–Crippen MR) is 529 cm³/mol. The van der Waals surface area contributed by atoms with Gasteiger partial charge in [0.2, 0.25) is 11.3 Å². The van der Waals surface area contributed by atoms with E-state index in [1.807, 2.05) is 0 Å². The average molecular weight is 1880 g/mol. The van der Waals surface area contributed by atoms with E-state index < -0.39 is 0 Å². The Morgan fingerprint density at radius 1 is 0.424 bits per heavy atom. The van der Waals surface area contributed by atoms with E-state index in [1.54, 1.807) is 56.4 Å². The number of H-pyrrole nitrogens is 1. The fourth-order valence-corrected chi connectivity index (χ4v) is 20.7. The van der Waals surface area contributed by atoms with Gasteiger partial charge < -0.3 is 57.2 Å². The van der Waals surface area contributed by atoms with Crippen molar-refractivity contribution in [3.05, 3.63) is 47.8 Å². The van der Waals surface area contributed by atoms with Gasteiger partial charge in [0.25, 0.3) is 17.3 Å². The second-order valence-electron chi connectivity index (χ2n) is 36.8. The summed E-state index contributed by atoms with van der Waals surface area (Å²) in [5.41, 5.74) is 2.71. The number of quaternary nitrogens is 1. The van der Waals surface area contributed by atoms with Crippen molar-refractivity contribution in [2.75, 3.05) is 156 Å². The van der Waals surface area contributed by atoms with Crippen LogP contribution in [0.15, 0.2) is 39.3 Å². The van der Waals surface area contributed by atoms with Crippen LogP contribution in [0.5, 0.6) is 46.0 Å². The van der Waals surface area contributed by atoms with Crippen molar-refractivity contribution in [1.82, 2.24) is 29.2 Å². The average Bonchev–Trinajstić information content (AvgIpc) is 1.53. The second-order valence-corrected chi connectivity index (χ2v) is 42.6. The second kappa shape index (κ2) is 47.8. The molecule has 4 aliphatic heterocycles. The smallest absolute Gasteiger partial charge is 0.287 e. The summed E-state index contributed by atoms with van der Waals surface area (Å²) >= 11 is 39.9. The van der Waals surface area contributed by atoms with E-state index >= 15 is 0 Å². The zero-order chi connectivity index (χ0) is 90.8. The monoisotopic (exact) mass is 1880 g/mol. The Balaban J connectivity index is 1.60. The summed E-state index contributed by atoms with van der Waals surface area (Å²) in [6.45, 7) is 61.9. The lowest BCUT2D eigenvalue weighted by molar-refractivity contribution is -0.903. The molecular weight excluding hydrogens is 1740 g/mol. The minimum atomic E-state index is 0.214. The van der Waals surface area contributed by atoms with Crippen molar-refractivity contribution in [2.24, 2.45) is 67.3 Å².